The number of likely N-dealkylation sites (tertiary alicyclic amines) is 1. The van der Waals surface area contributed by atoms with Gasteiger partial charge in [-0.15, -0.1) is 0 Å². The molecule has 3 heterocycles. The Labute approximate surface area is 99.9 Å². The van der Waals surface area contributed by atoms with Gasteiger partial charge in [0.25, 0.3) is 0 Å². The maximum absolute atomic E-state index is 4.67. The zero-order valence-electron chi connectivity index (χ0n) is 9.80. The van der Waals surface area contributed by atoms with Gasteiger partial charge in [-0.25, -0.2) is 4.98 Å². The molecule has 0 bridgehead atoms. The highest BCUT2D eigenvalue weighted by Gasteiger charge is 2.24. The summed E-state index contributed by atoms with van der Waals surface area (Å²) in [5.41, 5.74) is 2.83. The average Bonchev–Trinajstić information content (AvgIpc) is 2.99. The van der Waals surface area contributed by atoms with Gasteiger partial charge in [-0.1, -0.05) is 0 Å². The number of hydrogen-bond donors (Lipinski definition) is 1. The molecule has 1 aliphatic heterocycles. The van der Waals surface area contributed by atoms with Crippen molar-refractivity contribution >= 4 is 0 Å². The van der Waals surface area contributed by atoms with Gasteiger partial charge in [-0.2, -0.15) is 5.10 Å². The van der Waals surface area contributed by atoms with Gasteiger partial charge in [0.15, 0.2) is 0 Å². The standard InChI is InChI=1S/C12H15N5/c1-17-6-2-3-12(17)11-8-13-7-10(15-11)9-4-5-14-16-9/h4-5,7-8,12H,2-3,6H2,1H3,(H,14,16). The topological polar surface area (TPSA) is 57.7 Å². The van der Waals surface area contributed by atoms with E-state index in [1.165, 1.54) is 6.42 Å². The van der Waals surface area contributed by atoms with Crippen molar-refractivity contribution in [3.8, 4) is 11.4 Å². The largest absolute Gasteiger partial charge is 0.298 e. The minimum absolute atomic E-state index is 0.408. The van der Waals surface area contributed by atoms with Gasteiger partial charge >= 0.3 is 0 Å². The van der Waals surface area contributed by atoms with Gasteiger partial charge in [0.05, 0.1) is 29.8 Å². The van der Waals surface area contributed by atoms with Gasteiger partial charge in [-0.3, -0.25) is 15.0 Å². The lowest BCUT2D eigenvalue weighted by Gasteiger charge is -2.18. The second kappa shape index (κ2) is 4.25. The molecule has 0 spiro atoms. The SMILES string of the molecule is CN1CCCC1c1cncc(-c2ccn[nH]2)n1. The van der Waals surface area contributed by atoms with Crippen molar-refractivity contribution in [2.24, 2.45) is 0 Å². The molecule has 1 fully saturated rings. The molecular formula is C12H15N5. The zero-order chi connectivity index (χ0) is 11.7. The van der Waals surface area contributed by atoms with E-state index >= 15 is 0 Å². The zero-order valence-corrected chi connectivity index (χ0v) is 9.80. The van der Waals surface area contributed by atoms with Gasteiger partial charge in [0.1, 0.15) is 5.69 Å². The van der Waals surface area contributed by atoms with E-state index in [2.05, 4.69) is 32.1 Å². The summed E-state index contributed by atoms with van der Waals surface area (Å²) in [6.45, 7) is 1.14. The van der Waals surface area contributed by atoms with Crippen molar-refractivity contribution in [2.45, 2.75) is 18.9 Å². The van der Waals surface area contributed by atoms with E-state index in [0.29, 0.717) is 6.04 Å². The van der Waals surface area contributed by atoms with Crippen molar-refractivity contribution in [1.82, 2.24) is 25.1 Å². The Kier molecular flexibility index (Phi) is 2.60. The van der Waals surface area contributed by atoms with Crippen LogP contribution < -0.4 is 0 Å². The molecule has 17 heavy (non-hydrogen) atoms. The first-order valence-electron chi connectivity index (χ1n) is 5.86. The molecule has 0 amide bonds. The van der Waals surface area contributed by atoms with E-state index in [1.54, 1.807) is 12.4 Å². The van der Waals surface area contributed by atoms with E-state index in [1.807, 2.05) is 12.3 Å². The van der Waals surface area contributed by atoms with Crippen LogP contribution in [0.15, 0.2) is 24.7 Å². The fourth-order valence-electron chi connectivity index (χ4n) is 2.35. The van der Waals surface area contributed by atoms with Crippen molar-refractivity contribution in [3.63, 3.8) is 0 Å². The Hall–Kier alpha value is -1.75. The number of aromatic amines is 1. The van der Waals surface area contributed by atoms with E-state index in [9.17, 15) is 0 Å². The molecule has 1 aliphatic rings. The van der Waals surface area contributed by atoms with E-state index in [-0.39, 0.29) is 0 Å². The predicted octanol–water partition coefficient (Wildman–Crippen LogP) is 1.63. The van der Waals surface area contributed by atoms with Crippen LogP contribution in [0, 0.1) is 0 Å². The quantitative estimate of drug-likeness (QED) is 0.850. The first kappa shape index (κ1) is 10.4. The highest BCUT2D eigenvalue weighted by molar-refractivity contribution is 5.51. The number of H-pyrrole nitrogens is 1. The lowest BCUT2D eigenvalue weighted by atomic mass is 10.1. The lowest BCUT2D eigenvalue weighted by Crippen LogP contribution is -2.18. The van der Waals surface area contributed by atoms with Crippen LogP contribution in [0.2, 0.25) is 0 Å². The average molecular weight is 229 g/mol. The van der Waals surface area contributed by atoms with Gasteiger partial charge in [0, 0.05) is 6.20 Å². The minimum atomic E-state index is 0.408. The normalized spacial score (nSPS) is 20.9. The fourth-order valence-corrected chi connectivity index (χ4v) is 2.35. The molecule has 0 saturated carbocycles. The summed E-state index contributed by atoms with van der Waals surface area (Å²) in [6, 6.07) is 2.32. The highest BCUT2D eigenvalue weighted by Crippen LogP contribution is 2.29. The van der Waals surface area contributed by atoms with Crippen LogP contribution in [-0.4, -0.2) is 38.7 Å². The van der Waals surface area contributed by atoms with Crippen molar-refractivity contribution in [3.05, 3.63) is 30.4 Å². The molecule has 5 nitrogen and oxygen atoms in total. The molecular weight excluding hydrogens is 214 g/mol. The van der Waals surface area contributed by atoms with Crippen LogP contribution in [-0.2, 0) is 0 Å². The molecule has 1 atom stereocenters. The molecule has 0 aromatic carbocycles. The Bertz CT molecular complexity index is 493. The maximum Gasteiger partial charge on any atom is 0.107 e. The predicted molar refractivity (Wildman–Crippen MR) is 64.2 cm³/mol. The molecule has 88 valence electrons. The first-order valence-corrected chi connectivity index (χ1v) is 5.86. The van der Waals surface area contributed by atoms with Crippen molar-refractivity contribution < 1.29 is 0 Å². The number of hydrogen-bond acceptors (Lipinski definition) is 4. The molecule has 2 aromatic rings. The molecule has 0 radical (unpaired) electrons. The summed E-state index contributed by atoms with van der Waals surface area (Å²) in [5, 5.41) is 6.85. The molecule has 0 aliphatic carbocycles. The number of nitrogens with zero attached hydrogens (tertiary/aromatic N) is 4. The van der Waals surface area contributed by atoms with Crippen LogP contribution in [0.25, 0.3) is 11.4 Å². The second-order valence-corrected chi connectivity index (χ2v) is 4.44. The molecule has 2 aromatic heterocycles. The van der Waals surface area contributed by atoms with E-state index in [0.717, 1.165) is 30.0 Å². The third-order valence-corrected chi connectivity index (χ3v) is 3.29. The summed E-state index contributed by atoms with van der Waals surface area (Å²) < 4.78 is 0. The van der Waals surface area contributed by atoms with E-state index < -0.39 is 0 Å². The lowest BCUT2D eigenvalue weighted by molar-refractivity contribution is 0.311. The van der Waals surface area contributed by atoms with Gasteiger partial charge in [0.2, 0.25) is 0 Å². The highest BCUT2D eigenvalue weighted by atomic mass is 15.2. The van der Waals surface area contributed by atoms with Crippen LogP contribution in [0.5, 0.6) is 0 Å². The van der Waals surface area contributed by atoms with Crippen molar-refractivity contribution in [2.75, 3.05) is 13.6 Å². The Balaban J connectivity index is 1.94. The maximum atomic E-state index is 4.67. The first-order chi connectivity index (χ1) is 8.34. The number of aromatic nitrogens is 4. The van der Waals surface area contributed by atoms with E-state index in [4.69, 9.17) is 0 Å². The summed E-state index contributed by atoms with van der Waals surface area (Å²) in [4.78, 5) is 11.3. The second-order valence-electron chi connectivity index (χ2n) is 4.44. The van der Waals surface area contributed by atoms with Crippen LogP contribution in [0.3, 0.4) is 0 Å². The van der Waals surface area contributed by atoms with Crippen LogP contribution in [0.1, 0.15) is 24.6 Å². The molecule has 1 unspecified atom stereocenters. The fraction of sp³-hybridized carbons (Fsp3) is 0.417. The molecule has 3 rings (SSSR count). The summed E-state index contributed by atoms with van der Waals surface area (Å²) in [5.74, 6) is 0. The smallest absolute Gasteiger partial charge is 0.107 e. The Morgan fingerprint density at radius 1 is 1.41 bits per heavy atom. The molecule has 5 heteroatoms. The third kappa shape index (κ3) is 1.93. The summed E-state index contributed by atoms with van der Waals surface area (Å²) >= 11 is 0. The summed E-state index contributed by atoms with van der Waals surface area (Å²) in [6.07, 6.45) is 7.76. The molecule has 1 saturated heterocycles. The third-order valence-electron chi connectivity index (χ3n) is 3.29. The molecule has 1 N–H and O–H groups in total. The van der Waals surface area contributed by atoms with Crippen LogP contribution >= 0.6 is 0 Å². The Morgan fingerprint density at radius 3 is 3.06 bits per heavy atom. The van der Waals surface area contributed by atoms with Gasteiger partial charge in [-0.05, 0) is 32.5 Å². The van der Waals surface area contributed by atoms with Crippen molar-refractivity contribution in [1.29, 1.82) is 0 Å². The monoisotopic (exact) mass is 229 g/mol. The number of rotatable bonds is 2. The van der Waals surface area contributed by atoms with Crippen LogP contribution in [0.4, 0.5) is 0 Å². The van der Waals surface area contributed by atoms with Gasteiger partial charge < -0.3 is 0 Å². The Morgan fingerprint density at radius 2 is 2.35 bits per heavy atom. The minimum Gasteiger partial charge on any atom is -0.298 e. The number of nitrogens with one attached hydrogen (secondary N) is 1. The summed E-state index contributed by atoms with van der Waals surface area (Å²) in [7, 11) is 2.14.